The van der Waals surface area contributed by atoms with Gasteiger partial charge < -0.3 is 11.1 Å². The van der Waals surface area contributed by atoms with Crippen LogP contribution in [-0.4, -0.2) is 30.7 Å². The van der Waals surface area contributed by atoms with Crippen molar-refractivity contribution in [3.8, 4) is 0 Å². The van der Waals surface area contributed by atoms with E-state index >= 15 is 0 Å². The second-order valence-electron chi connectivity index (χ2n) is 5.69. The van der Waals surface area contributed by atoms with Gasteiger partial charge in [-0.2, -0.15) is 0 Å². The number of hydrogen-bond donors (Lipinski definition) is 4. The van der Waals surface area contributed by atoms with Crippen LogP contribution in [0.4, 0.5) is 5.69 Å². The lowest BCUT2D eigenvalue weighted by molar-refractivity contribution is -0.121. The van der Waals surface area contributed by atoms with Crippen molar-refractivity contribution in [1.82, 2.24) is 10.6 Å². The second kappa shape index (κ2) is 7.35. The molecule has 2 rings (SSSR count). The first kappa shape index (κ1) is 16.4. The van der Waals surface area contributed by atoms with Crippen molar-refractivity contribution in [2.75, 3.05) is 11.9 Å². The Bertz CT molecular complexity index is 469. The molecular weight excluding hydrogens is 332 g/mol. The highest BCUT2D eigenvalue weighted by atomic mass is 79.9. The van der Waals surface area contributed by atoms with Gasteiger partial charge in [0.25, 0.3) is 0 Å². The minimum Gasteiger partial charge on any atom is -0.330 e. The Morgan fingerprint density at radius 1 is 1.33 bits per heavy atom. The van der Waals surface area contributed by atoms with Crippen LogP contribution in [0, 0.1) is 5.92 Å². The summed E-state index contributed by atoms with van der Waals surface area (Å²) in [5, 5.41) is 9.76. The average Bonchev–Trinajstić information content (AvgIpc) is 2.41. The molecule has 5 N–H and O–H groups in total. The number of benzene rings is 1. The summed E-state index contributed by atoms with van der Waals surface area (Å²) >= 11 is 3.38. The summed E-state index contributed by atoms with van der Waals surface area (Å²) in [7, 11) is 0. The van der Waals surface area contributed by atoms with Crippen LogP contribution in [0.1, 0.15) is 20.3 Å². The SMILES string of the molecule is CC1CC(C)NC(C(CN)C(=O)Nc2ccc(Br)cc2)N1. The maximum absolute atomic E-state index is 12.5. The van der Waals surface area contributed by atoms with E-state index in [1.54, 1.807) is 0 Å². The van der Waals surface area contributed by atoms with Crippen LogP contribution >= 0.6 is 15.9 Å². The molecule has 5 nitrogen and oxygen atoms in total. The molecule has 0 saturated carbocycles. The van der Waals surface area contributed by atoms with Crippen molar-refractivity contribution in [2.45, 2.75) is 38.5 Å². The summed E-state index contributed by atoms with van der Waals surface area (Å²) in [5.41, 5.74) is 6.60. The Balaban J connectivity index is 2.02. The van der Waals surface area contributed by atoms with Crippen molar-refractivity contribution in [2.24, 2.45) is 11.7 Å². The van der Waals surface area contributed by atoms with Crippen molar-refractivity contribution >= 4 is 27.5 Å². The van der Waals surface area contributed by atoms with Crippen LogP contribution in [0.2, 0.25) is 0 Å². The molecule has 3 unspecified atom stereocenters. The molecule has 0 aliphatic carbocycles. The van der Waals surface area contributed by atoms with E-state index in [1.807, 2.05) is 24.3 Å². The topological polar surface area (TPSA) is 79.2 Å². The number of nitrogens with one attached hydrogen (secondary N) is 3. The summed E-state index contributed by atoms with van der Waals surface area (Å²) in [6, 6.07) is 8.27. The zero-order chi connectivity index (χ0) is 15.4. The lowest BCUT2D eigenvalue weighted by atomic mass is 9.98. The van der Waals surface area contributed by atoms with E-state index in [9.17, 15) is 4.79 Å². The fourth-order valence-corrected chi connectivity index (χ4v) is 2.99. The van der Waals surface area contributed by atoms with Gasteiger partial charge in [0, 0.05) is 28.8 Å². The number of halogens is 1. The smallest absolute Gasteiger partial charge is 0.231 e. The van der Waals surface area contributed by atoms with Gasteiger partial charge in [0.1, 0.15) is 0 Å². The van der Waals surface area contributed by atoms with Crippen molar-refractivity contribution in [3.63, 3.8) is 0 Å². The van der Waals surface area contributed by atoms with E-state index in [-0.39, 0.29) is 18.0 Å². The highest BCUT2D eigenvalue weighted by Gasteiger charge is 2.32. The van der Waals surface area contributed by atoms with Gasteiger partial charge in [-0.15, -0.1) is 0 Å². The monoisotopic (exact) mass is 354 g/mol. The van der Waals surface area contributed by atoms with Gasteiger partial charge in [-0.25, -0.2) is 0 Å². The zero-order valence-electron chi connectivity index (χ0n) is 12.4. The number of hydrogen-bond acceptors (Lipinski definition) is 4. The molecule has 0 bridgehead atoms. The predicted octanol–water partition coefficient (Wildman–Crippen LogP) is 1.65. The number of carbonyl (C=O) groups excluding carboxylic acids is 1. The van der Waals surface area contributed by atoms with Gasteiger partial charge in [0.05, 0.1) is 12.1 Å². The molecule has 3 atom stereocenters. The molecule has 1 amide bonds. The van der Waals surface area contributed by atoms with Crippen LogP contribution in [0.5, 0.6) is 0 Å². The second-order valence-corrected chi connectivity index (χ2v) is 6.60. The molecule has 1 aromatic rings. The van der Waals surface area contributed by atoms with E-state index in [0.29, 0.717) is 18.6 Å². The maximum Gasteiger partial charge on any atom is 0.231 e. The summed E-state index contributed by atoms with van der Waals surface area (Å²) in [6.45, 7) is 4.56. The quantitative estimate of drug-likeness (QED) is 0.662. The third-order valence-electron chi connectivity index (χ3n) is 3.74. The van der Waals surface area contributed by atoms with Crippen LogP contribution in [0.25, 0.3) is 0 Å². The largest absolute Gasteiger partial charge is 0.330 e. The Morgan fingerprint density at radius 3 is 2.43 bits per heavy atom. The summed E-state index contributed by atoms with van der Waals surface area (Å²) in [5.74, 6) is -0.370. The summed E-state index contributed by atoms with van der Waals surface area (Å²) in [4.78, 5) is 12.5. The third-order valence-corrected chi connectivity index (χ3v) is 4.27. The van der Waals surface area contributed by atoms with Crippen molar-refractivity contribution in [1.29, 1.82) is 0 Å². The first-order valence-corrected chi connectivity index (χ1v) is 8.07. The Labute approximate surface area is 134 Å². The predicted molar refractivity (Wildman–Crippen MR) is 88.9 cm³/mol. The highest BCUT2D eigenvalue weighted by molar-refractivity contribution is 9.10. The minimum absolute atomic E-state index is 0.0638. The van der Waals surface area contributed by atoms with Gasteiger partial charge in [-0.1, -0.05) is 15.9 Å². The first-order valence-electron chi connectivity index (χ1n) is 7.28. The molecular formula is C15H23BrN4O. The molecule has 1 aliphatic rings. The average molecular weight is 355 g/mol. The van der Waals surface area contributed by atoms with Gasteiger partial charge in [-0.05, 0) is 44.5 Å². The maximum atomic E-state index is 12.5. The summed E-state index contributed by atoms with van der Waals surface area (Å²) in [6.07, 6.45) is 0.950. The van der Waals surface area contributed by atoms with Crippen LogP contribution < -0.4 is 21.7 Å². The van der Waals surface area contributed by atoms with E-state index < -0.39 is 0 Å². The fourth-order valence-electron chi connectivity index (χ4n) is 2.72. The van der Waals surface area contributed by atoms with E-state index in [4.69, 9.17) is 5.73 Å². The Morgan fingerprint density at radius 2 is 1.90 bits per heavy atom. The minimum atomic E-state index is -0.307. The number of anilines is 1. The number of amides is 1. The number of nitrogens with two attached hydrogens (primary N) is 1. The molecule has 1 fully saturated rings. The standard InChI is InChI=1S/C15H23BrN4O/c1-9-7-10(2)19-14(18-9)13(8-17)15(21)20-12-5-3-11(16)4-6-12/h3-6,9-10,13-14,18-19H,7-8,17H2,1-2H3,(H,20,21). The zero-order valence-corrected chi connectivity index (χ0v) is 14.0. The van der Waals surface area contributed by atoms with Gasteiger partial charge >= 0.3 is 0 Å². The fraction of sp³-hybridized carbons (Fsp3) is 0.533. The molecule has 0 spiro atoms. The Kier molecular flexibility index (Phi) is 5.75. The van der Waals surface area contributed by atoms with E-state index in [1.165, 1.54) is 0 Å². The Hall–Kier alpha value is -0.950. The van der Waals surface area contributed by atoms with Crippen molar-refractivity contribution < 1.29 is 4.79 Å². The third kappa shape index (κ3) is 4.51. The number of rotatable bonds is 4. The molecule has 6 heteroatoms. The molecule has 21 heavy (non-hydrogen) atoms. The number of carbonyl (C=O) groups is 1. The van der Waals surface area contributed by atoms with Crippen LogP contribution in [-0.2, 0) is 4.79 Å². The van der Waals surface area contributed by atoms with E-state index in [2.05, 4.69) is 45.7 Å². The molecule has 1 aliphatic heterocycles. The van der Waals surface area contributed by atoms with Crippen LogP contribution in [0.3, 0.4) is 0 Å². The molecule has 0 radical (unpaired) electrons. The van der Waals surface area contributed by atoms with Gasteiger partial charge in [0.2, 0.25) is 5.91 Å². The molecule has 1 heterocycles. The molecule has 1 aromatic carbocycles. The van der Waals surface area contributed by atoms with Gasteiger partial charge in [-0.3, -0.25) is 15.4 Å². The normalized spacial score (nSPS) is 27.1. The lowest BCUT2D eigenvalue weighted by Crippen LogP contribution is -2.62. The molecule has 116 valence electrons. The van der Waals surface area contributed by atoms with E-state index in [0.717, 1.165) is 16.6 Å². The molecule has 0 aromatic heterocycles. The van der Waals surface area contributed by atoms with Gasteiger partial charge in [0.15, 0.2) is 0 Å². The first-order chi connectivity index (χ1) is 9.99. The highest BCUT2D eigenvalue weighted by Crippen LogP contribution is 2.17. The summed E-state index contributed by atoms with van der Waals surface area (Å²) < 4.78 is 0.981. The lowest BCUT2D eigenvalue weighted by Gasteiger charge is -2.38. The van der Waals surface area contributed by atoms with Crippen LogP contribution in [0.15, 0.2) is 28.7 Å². The van der Waals surface area contributed by atoms with Crippen molar-refractivity contribution in [3.05, 3.63) is 28.7 Å². The molecule has 1 saturated heterocycles.